The first-order valence-electron chi connectivity index (χ1n) is 4.73. The first-order chi connectivity index (χ1) is 5.63. The molecule has 2 bridgehead atoms. The molecule has 1 fully saturated rings. The van der Waals surface area contributed by atoms with Crippen LogP contribution in [-0.2, 0) is 0 Å². The van der Waals surface area contributed by atoms with Crippen LogP contribution in [0.5, 0.6) is 0 Å². The van der Waals surface area contributed by atoms with E-state index < -0.39 is 0 Å². The fraction of sp³-hybridized carbons (Fsp3) is 0.727. The number of nitriles is 1. The molecule has 0 saturated heterocycles. The maximum absolute atomic E-state index is 9.01. The van der Waals surface area contributed by atoms with Crippen LogP contribution < -0.4 is 0 Å². The highest BCUT2D eigenvalue weighted by molar-refractivity contribution is 5.15. The zero-order chi connectivity index (χ0) is 8.77. The summed E-state index contributed by atoms with van der Waals surface area (Å²) in [4.78, 5) is 0. The Bertz CT molecular complexity index is 257. The standard InChI is InChI=1S/C11H15N/c1-11(2,7-12)10-6-8-3-4-9(10)5-8/h3-4,8-10H,5-6H2,1-2H3. The molecule has 1 saturated carbocycles. The second-order valence-corrected chi connectivity index (χ2v) is 4.72. The minimum atomic E-state index is -0.121. The summed E-state index contributed by atoms with van der Waals surface area (Å²) in [7, 11) is 0. The Labute approximate surface area is 74.1 Å². The van der Waals surface area contributed by atoms with E-state index >= 15 is 0 Å². The maximum Gasteiger partial charge on any atom is 0.0687 e. The summed E-state index contributed by atoms with van der Waals surface area (Å²) >= 11 is 0. The molecule has 3 unspecified atom stereocenters. The molecule has 0 N–H and O–H groups in total. The van der Waals surface area contributed by atoms with E-state index in [0.717, 1.165) is 5.92 Å². The highest BCUT2D eigenvalue weighted by atomic mass is 14.5. The predicted octanol–water partition coefficient (Wildman–Crippen LogP) is 2.75. The van der Waals surface area contributed by atoms with Gasteiger partial charge in [-0.05, 0) is 44.4 Å². The highest BCUT2D eigenvalue weighted by Gasteiger charge is 2.43. The van der Waals surface area contributed by atoms with E-state index in [4.69, 9.17) is 5.26 Å². The van der Waals surface area contributed by atoms with Crippen molar-refractivity contribution < 1.29 is 0 Å². The van der Waals surface area contributed by atoms with Gasteiger partial charge >= 0.3 is 0 Å². The molecule has 3 atom stereocenters. The normalized spacial score (nSPS) is 38.6. The molecule has 1 heteroatoms. The Balaban J connectivity index is 2.19. The van der Waals surface area contributed by atoms with Crippen molar-refractivity contribution in [2.24, 2.45) is 23.2 Å². The molecule has 0 aliphatic heterocycles. The summed E-state index contributed by atoms with van der Waals surface area (Å²) in [5.41, 5.74) is -0.121. The molecular formula is C11H15N. The van der Waals surface area contributed by atoms with Crippen LogP contribution in [0.15, 0.2) is 12.2 Å². The molecule has 0 aromatic heterocycles. The monoisotopic (exact) mass is 161 g/mol. The van der Waals surface area contributed by atoms with Gasteiger partial charge in [0.05, 0.1) is 11.5 Å². The van der Waals surface area contributed by atoms with Crippen molar-refractivity contribution >= 4 is 0 Å². The minimum absolute atomic E-state index is 0.121. The van der Waals surface area contributed by atoms with E-state index in [2.05, 4.69) is 32.1 Å². The highest BCUT2D eigenvalue weighted by Crippen LogP contribution is 2.50. The molecular weight excluding hydrogens is 146 g/mol. The minimum Gasteiger partial charge on any atom is -0.198 e. The van der Waals surface area contributed by atoms with E-state index in [0.29, 0.717) is 11.8 Å². The molecule has 2 aliphatic carbocycles. The summed E-state index contributed by atoms with van der Waals surface area (Å²) in [6.45, 7) is 4.15. The van der Waals surface area contributed by atoms with E-state index in [-0.39, 0.29) is 5.41 Å². The zero-order valence-corrected chi connectivity index (χ0v) is 7.75. The van der Waals surface area contributed by atoms with Crippen molar-refractivity contribution in [3.63, 3.8) is 0 Å². The third kappa shape index (κ3) is 0.982. The second-order valence-electron chi connectivity index (χ2n) is 4.72. The van der Waals surface area contributed by atoms with Crippen LogP contribution in [0.2, 0.25) is 0 Å². The topological polar surface area (TPSA) is 23.8 Å². The lowest BCUT2D eigenvalue weighted by Gasteiger charge is -2.29. The van der Waals surface area contributed by atoms with E-state index in [1.54, 1.807) is 0 Å². The van der Waals surface area contributed by atoms with Crippen LogP contribution in [0, 0.1) is 34.5 Å². The molecule has 0 aromatic carbocycles. The summed E-state index contributed by atoms with van der Waals surface area (Å²) < 4.78 is 0. The van der Waals surface area contributed by atoms with E-state index in [1.165, 1.54) is 12.8 Å². The van der Waals surface area contributed by atoms with Gasteiger partial charge in [0, 0.05) is 0 Å². The van der Waals surface area contributed by atoms with Crippen LogP contribution in [0.3, 0.4) is 0 Å². The van der Waals surface area contributed by atoms with Crippen LogP contribution in [-0.4, -0.2) is 0 Å². The SMILES string of the molecule is CC(C)(C#N)C1CC2C=CC1C2. The van der Waals surface area contributed by atoms with Crippen molar-refractivity contribution in [3.8, 4) is 6.07 Å². The lowest BCUT2D eigenvalue weighted by Crippen LogP contribution is -2.25. The Morgan fingerprint density at radius 2 is 2.08 bits per heavy atom. The Morgan fingerprint density at radius 3 is 2.50 bits per heavy atom. The van der Waals surface area contributed by atoms with E-state index in [1.807, 2.05) is 0 Å². The zero-order valence-electron chi connectivity index (χ0n) is 7.75. The summed E-state index contributed by atoms with van der Waals surface area (Å²) in [6.07, 6.45) is 7.18. The number of fused-ring (bicyclic) bond motifs is 2. The summed E-state index contributed by atoms with van der Waals surface area (Å²) in [5.74, 6) is 2.09. The lowest BCUT2D eigenvalue weighted by molar-refractivity contribution is 0.251. The van der Waals surface area contributed by atoms with Gasteiger partial charge in [0.15, 0.2) is 0 Å². The maximum atomic E-state index is 9.01. The van der Waals surface area contributed by atoms with Crippen molar-refractivity contribution in [2.45, 2.75) is 26.7 Å². The van der Waals surface area contributed by atoms with Gasteiger partial charge in [-0.25, -0.2) is 0 Å². The average molecular weight is 161 g/mol. The smallest absolute Gasteiger partial charge is 0.0687 e. The second kappa shape index (κ2) is 2.36. The fourth-order valence-electron chi connectivity index (χ4n) is 2.69. The molecule has 0 amide bonds. The summed E-state index contributed by atoms with van der Waals surface area (Å²) in [5, 5.41) is 9.01. The number of nitrogens with zero attached hydrogens (tertiary/aromatic N) is 1. The van der Waals surface area contributed by atoms with Gasteiger partial charge in [-0.15, -0.1) is 0 Å². The number of hydrogen-bond acceptors (Lipinski definition) is 1. The summed E-state index contributed by atoms with van der Waals surface area (Å²) in [6, 6.07) is 2.43. The van der Waals surface area contributed by atoms with Gasteiger partial charge < -0.3 is 0 Å². The lowest BCUT2D eigenvalue weighted by atomic mass is 9.73. The van der Waals surface area contributed by atoms with Crippen LogP contribution in [0.1, 0.15) is 26.7 Å². The van der Waals surface area contributed by atoms with Crippen LogP contribution in [0.25, 0.3) is 0 Å². The molecule has 2 rings (SSSR count). The largest absolute Gasteiger partial charge is 0.198 e. The Kier molecular flexibility index (Phi) is 1.54. The number of allylic oxidation sites excluding steroid dienone is 2. The Morgan fingerprint density at radius 1 is 1.33 bits per heavy atom. The number of hydrogen-bond donors (Lipinski definition) is 0. The molecule has 0 radical (unpaired) electrons. The number of rotatable bonds is 1. The Hall–Kier alpha value is -0.770. The van der Waals surface area contributed by atoms with Gasteiger partial charge in [0.1, 0.15) is 0 Å². The third-order valence-electron chi connectivity index (χ3n) is 3.49. The first-order valence-corrected chi connectivity index (χ1v) is 4.73. The van der Waals surface area contributed by atoms with Gasteiger partial charge in [-0.3, -0.25) is 0 Å². The third-order valence-corrected chi connectivity index (χ3v) is 3.49. The molecule has 2 aliphatic rings. The average Bonchev–Trinajstić information content (AvgIpc) is 2.64. The molecule has 0 aromatic rings. The molecule has 12 heavy (non-hydrogen) atoms. The van der Waals surface area contributed by atoms with Crippen LogP contribution in [0.4, 0.5) is 0 Å². The van der Waals surface area contributed by atoms with Crippen molar-refractivity contribution in [3.05, 3.63) is 12.2 Å². The van der Waals surface area contributed by atoms with Gasteiger partial charge in [-0.2, -0.15) is 5.26 Å². The molecule has 0 heterocycles. The van der Waals surface area contributed by atoms with Crippen molar-refractivity contribution in [2.75, 3.05) is 0 Å². The van der Waals surface area contributed by atoms with Gasteiger partial charge in [0.25, 0.3) is 0 Å². The molecule has 64 valence electrons. The quantitative estimate of drug-likeness (QED) is 0.542. The van der Waals surface area contributed by atoms with Crippen molar-refractivity contribution in [1.82, 2.24) is 0 Å². The van der Waals surface area contributed by atoms with Gasteiger partial charge in [-0.1, -0.05) is 12.2 Å². The molecule has 1 nitrogen and oxygen atoms in total. The van der Waals surface area contributed by atoms with Gasteiger partial charge in [0.2, 0.25) is 0 Å². The first kappa shape index (κ1) is 7.86. The fourth-order valence-corrected chi connectivity index (χ4v) is 2.69. The van der Waals surface area contributed by atoms with Crippen LogP contribution >= 0.6 is 0 Å². The van der Waals surface area contributed by atoms with Crippen molar-refractivity contribution in [1.29, 1.82) is 5.26 Å². The molecule has 0 spiro atoms. The predicted molar refractivity (Wildman–Crippen MR) is 48.2 cm³/mol. The van der Waals surface area contributed by atoms with E-state index in [9.17, 15) is 0 Å².